The lowest BCUT2D eigenvalue weighted by Gasteiger charge is -2.10. The van der Waals surface area contributed by atoms with Gasteiger partial charge in [-0.15, -0.1) is 0 Å². The number of pyridine rings is 1. The van der Waals surface area contributed by atoms with Gasteiger partial charge in [-0.3, -0.25) is 15.2 Å². The van der Waals surface area contributed by atoms with Crippen molar-refractivity contribution in [2.75, 3.05) is 17.2 Å². The second kappa shape index (κ2) is 7.11. The van der Waals surface area contributed by atoms with Crippen molar-refractivity contribution in [3.8, 4) is 0 Å². The van der Waals surface area contributed by atoms with Crippen molar-refractivity contribution >= 4 is 33.9 Å². The van der Waals surface area contributed by atoms with Gasteiger partial charge in [0.25, 0.3) is 0 Å². The molecule has 3 rings (SSSR count). The summed E-state index contributed by atoms with van der Waals surface area (Å²) in [7, 11) is 0. The number of hydrogen-bond donors (Lipinski definition) is 5. The molecule has 0 spiro atoms. The normalized spacial score (nSPS) is 11.0. The number of aliphatic hydroxyl groups excluding tert-OH is 1. The van der Waals surface area contributed by atoms with E-state index in [1.807, 2.05) is 0 Å². The highest BCUT2D eigenvalue weighted by atomic mass is 16.6. The number of aliphatic hydroxyl groups is 2. The van der Waals surface area contributed by atoms with Crippen LogP contribution in [0.2, 0.25) is 0 Å². The maximum Gasteiger partial charge on any atom is 0.311 e. The summed E-state index contributed by atoms with van der Waals surface area (Å²) in [4.78, 5) is 14.9. The largest absolute Gasteiger partial charge is 0.370 e. The number of nitrogens with one attached hydrogen (secondary N) is 3. The molecule has 0 amide bonds. The molecule has 3 aromatic rings. The number of aromatic nitrogens is 3. The van der Waals surface area contributed by atoms with Crippen LogP contribution in [-0.2, 0) is 0 Å². The maximum absolute atomic E-state index is 11.2. The average Bonchev–Trinajstić information content (AvgIpc) is 3.02. The fraction of sp³-hybridized carbons (Fsp3) is 0.200. The fourth-order valence-electron chi connectivity index (χ4n) is 2.28. The smallest absolute Gasteiger partial charge is 0.311 e. The number of hydrogen-bond acceptors (Lipinski definition) is 8. The first kappa shape index (κ1) is 16.6. The maximum atomic E-state index is 11.2. The van der Waals surface area contributed by atoms with Crippen molar-refractivity contribution in [2.45, 2.75) is 12.7 Å². The molecule has 0 bridgehead atoms. The van der Waals surface area contributed by atoms with E-state index in [-0.39, 0.29) is 24.5 Å². The number of benzene rings is 1. The van der Waals surface area contributed by atoms with E-state index in [9.17, 15) is 10.1 Å². The summed E-state index contributed by atoms with van der Waals surface area (Å²) in [6, 6.07) is 8.16. The number of H-pyrrole nitrogens is 1. The lowest BCUT2D eigenvalue weighted by Crippen LogP contribution is -2.13. The molecule has 0 aliphatic heterocycles. The van der Waals surface area contributed by atoms with Gasteiger partial charge in [-0.25, -0.2) is 4.98 Å². The Morgan fingerprint density at radius 2 is 2.12 bits per heavy atom. The number of fused-ring (bicyclic) bond motifs is 1. The van der Waals surface area contributed by atoms with Gasteiger partial charge in [0.15, 0.2) is 6.29 Å². The highest BCUT2D eigenvalue weighted by Crippen LogP contribution is 2.28. The molecule has 2 aromatic heterocycles. The zero-order valence-corrected chi connectivity index (χ0v) is 13.0. The molecule has 1 aromatic carbocycles. The van der Waals surface area contributed by atoms with Crippen LogP contribution in [0.3, 0.4) is 0 Å². The van der Waals surface area contributed by atoms with Crippen molar-refractivity contribution < 1.29 is 15.1 Å². The summed E-state index contributed by atoms with van der Waals surface area (Å²) in [5, 5.41) is 42.4. The number of anilines is 3. The SMILES string of the molecule is O=[N+]([O-])c1ccc(NCCC(O)O)nc1Nc1ccc2[nH]ncc2c1. The standard InChI is InChI=1S/C15H16N6O4/c22-14(23)5-6-16-13-4-3-12(21(24)25)15(19-13)18-10-1-2-11-9(7-10)8-17-20-11/h1-4,7-8,14,22-23H,5-6H2,(H,17,20)(H2,16,18,19). The molecule has 130 valence electrons. The monoisotopic (exact) mass is 344 g/mol. The number of aromatic amines is 1. The van der Waals surface area contributed by atoms with Crippen LogP contribution >= 0.6 is 0 Å². The predicted octanol–water partition coefficient (Wildman–Crippen LogP) is 1.72. The molecule has 0 atom stereocenters. The molecular weight excluding hydrogens is 328 g/mol. The zero-order valence-electron chi connectivity index (χ0n) is 13.0. The molecule has 0 unspecified atom stereocenters. The van der Waals surface area contributed by atoms with Gasteiger partial charge in [0.1, 0.15) is 5.82 Å². The molecule has 5 N–H and O–H groups in total. The Balaban J connectivity index is 1.84. The van der Waals surface area contributed by atoms with E-state index in [0.29, 0.717) is 11.5 Å². The minimum absolute atomic E-state index is 0.0855. The Morgan fingerprint density at radius 3 is 2.88 bits per heavy atom. The molecule has 25 heavy (non-hydrogen) atoms. The first-order valence-electron chi connectivity index (χ1n) is 7.48. The number of rotatable bonds is 7. The lowest BCUT2D eigenvalue weighted by molar-refractivity contribution is -0.384. The van der Waals surface area contributed by atoms with Crippen molar-refractivity contribution in [3.63, 3.8) is 0 Å². The molecule has 2 heterocycles. The van der Waals surface area contributed by atoms with Gasteiger partial charge in [-0.1, -0.05) is 0 Å². The predicted molar refractivity (Wildman–Crippen MR) is 91.6 cm³/mol. The fourth-order valence-corrected chi connectivity index (χ4v) is 2.28. The van der Waals surface area contributed by atoms with Crippen LogP contribution in [0.25, 0.3) is 10.9 Å². The lowest BCUT2D eigenvalue weighted by atomic mass is 10.2. The van der Waals surface area contributed by atoms with Gasteiger partial charge >= 0.3 is 5.69 Å². The Hall–Kier alpha value is -3.24. The summed E-state index contributed by atoms with van der Waals surface area (Å²) in [6.07, 6.45) is 0.337. The van der Waals surface area contributed by atoms with Crippen LogP contribution in [0.5, 0.6) is 0 Å². The van der Waals surface area contributed by atoms with Crippen molar-refractivity contribution in [2.24, 2.45) is 0 Å². The first-order chi connectivity index (χ1) is 12.0. The first-order valence-corrected chi connectivity index (χ1v) is 7.48. The molecule has 0 aliphatic carbocycles. The molecule has 0 radical (unpaired) electrons. The van der Waals surface area contributed by atoms with Gasteiger partial charge in [0.2, 0.25) is 5.82 Å². The van der Waals surface area contributed by atoms with Crippen molar-refractivity contribution in [1.82, 2.24) is 15.2 Å². The second-order valence-corrected chi connectivity index (χ2v) is 5.31. The summed E-state index contributed by atoms with van der Waals surface area (Å²) in [6.45, 7) is 0.267. The highest BCUT2D eigenvalue weighted by Gasteiger charge is 2.16. The minimum Gasteiger partial charge on any atom is -0.370 e. The van der Waals surface area contributed by atoms with E-state index in [2.05, 4.69) is 25.8 Å². The van der Waals surface area contributed by atoms with E-state index in [1.165, 1.54) is 12.1 Å². The summed E-state index contributed by atoms with van der Waals surface area (Å²) >= 11 is 0. The van der Waals surface area contributed by atoms with Crippen LogP contribution < -0.4 is 10.6 Å². The molecular formula is C15H16N6O4. The minimum atomic E-state index is -1.43. The highest BCUT2D eigenvalue weighted by molar-refractivity contribution is 5.83. The van der Waals surface area contributed by atoms with Crippen LogP contribution in [0.15, 0.2) is 36.5 Å². The van der Waals surface area contributed by atoms with E-state index in [1.54, 1.807) is 24.4 Å². The molecule has 10 nitrogen and oxygen atoms in total. The van der Waals surface area contributed by atoms with Crippen LogP contribution in [0, 0.1) is 10.1 Å². The van der Waals surface area contributed by atoms with E-state index >= 15 is 0 Å². The van der Waals surface area contributed by atoms with E-state index in [4.69, 9.17) is 10.2 Å². The third-order valence-corrected chi connectivity index (χ3v) is 3.48. The summed E-state index contributed by atoms with van der Waals surface area (Å²) in [5.74, 6) is 0.473. The van der Waals surface area contributed by atoms with E-state index in [0.717, 1.165) is 10.9 Å². The Labute approximate surface area is 141 Å². The van der Waals surface area contributed by atoms with Crippen molar-refractivity contribution in [3.05, 3.63) is 46.6 Å². The molecule has 10 heteroatoms. The van der Waals surface area contributed by atoms with Crippen LogP contribution in [0.1, 0.15) is 6.42 Å². The van der Waals surface area contributed by atoms with Gasteiger partial charge < -0.3 is 20.8 Å². The van der Waals surface area contributed by atoms with Crippen LogP contribution in [-0.4, -0.2) is 43.2 Å². The molecule has 0 fully saturated rings. The molecule has 0 saturated heterocycles. The quantitative estimate of drug-likeness (QED) is 0.247. The average molecular weight is 344 g/mol. The third kappa shape index (κ3) is 4.00. The Morgan fingerprint density at radius 1 is 1.28 bits per heavy atom. The van der Waals surface area contributed by atoms with Crippen molar-refractivity contribution in [1.29, 1.82) is 0 Å². The van der Waals surface area contributed by atoms with Gasteiger partial charge in [0, 0.05) is 30.1 Å². The van der Waals surface area contributed by atoms with E-state index < -0.39 is 11.2 Å². The second-order valence-electron chi connectivity index (χ2n) is 5.31. The van der Waals surface area contributed by atoms with Crippen LogP contribution in [0.4, 0.5) is 23.0 Å². The molecule has 0 saturated carbocycles. The van der Waals surface area contributed by atoms with Gasteiger partial charge in [-0.2, -0.15) is 5.10 Å². The Bertz CT molecular complexity index is 895. The number of nitro groups is 1. The third-order valence-electron chi connectivity index (χ3n) is 3.48. The molecule has 0 aliphatic rings. The topological polar surface area (TPSA) is 149 Å². The Kier molecular flexibility index (Phi) is 4.73. The van der Waals surface area contributed by atoms with Gasteiger partial charge in [0.05, 0.1) is 16.6 Å². The summed E-state index contributed by atoms with van der Waals surface area (Å²) in [5.41, 5.74) is 1.32. The van der Waals surface area contributed by atoms with Gasteiger partial charge in [-0.05, 0) is 24.3 Å². The number of nitrogens with zero attached hydrogens (tertiary/aromatic N) is 3. The summed E-state index contributed by atoms with van der Waals surface area (Å²) < 4.78 is 0. The zero-order chi connectivity index (χ0) is 17.8.